The van der Waals surface area contributed by atoms with Crippen LogP contribution in [0.2, 0.25) is 19.6 Å². The summed E-state index contributed by atoms with van der Waals surface area (Å²) in [4.78, 5) is 0. The minimum Gasteiger partial charge on any atom is -0.471 e. The second kappa shape index (κ2) is 5.32. The van der Waals surface area contributed by atoms with E-state index in [1.54, 1.807) is 0 Å². The molecular formula is C17H20O2Si. The molecule has 1 N–H and O–H groups in total. The first kappa shape index (κ1) is 14.6. The number of aliphatic hydroxyl groups is 1. The molecule has 0 aliphatic carbocycles. The molecular weight excluding hydrogens is 264 g/mol. The lowest BCUT2D eigenvalue weighted by atomic mass is 9.90. The van der Waals surface area contributed by atoms with Crippen molar-refractivity contribution >= 4 is 13.5 Å². The van der Waals surface area contributed by atoms with Gasteiger partial charge in [-0.05, 0) is 17.7 Å². The van der Waals surface area contributed by atoms with E-state index in [9.17, 15) is 5.11 Å². The van der Waals surface area contributed by atoms with Crippen LogP contribution in [0.3, 0.4) is 0 Å². The fraction of sp³-hybridized carbons (Fsp3) is 0.294. The van der Waals surface area contributed by atoms with Gasteiger partial charge in [-0.25, -0.2) is 0 Å². The maximum atomic E-state index is 10.7. The van der Waals surface area contributed by atoms with Crippen LogP contribution in [0.25, 0.3) is 0 Å². The van der Waals surface area contributed by atoms with E-state index in [-0.39, 0.29) is 6.42 Å². The van der Waals surface area contributed by atoms with E-state index in [2.05, 4.69) is 25.6 Å². The van der Waals surface area contributed by atoms with Crippen molar-refractivity contribution in [1.29, 1.82) is 0 Å². The number of hydrogen-bond acceptors (Lipinski definition) is 2. The first-order valence-corrected chi connectivity index (χ1v) is 10.2. The Bertz CT molecular complexity index is 616. The van der Waals surface area contributed by atoms with Gasteiger partial charge >= 0.3 is 0 Å². The molecule has 2 rings (SSSR count). The van der Waals surface area contributed by atoms with E-state index in [1.165, 1.54) is 0 Å². The van der Waals surface area contributed by atoms with E-state index < -0.39 is 13.7 Å². The summed E-state index contributed by atoms with van der Waals surface area (Å²) in [6.45, 7) is 6.67. The molecule has 0 saturated carbocycles. The van der Waals surface area contributed by atoms with Crippen molar-refractivity contribution in [3.05, 3.63) is 53.8 Å². The van der Waals surface area contributed by atoms with Gasteiger partial charge in [-0.1, -0.05) is 55.9 Å². The molecule has 0 radical (unpaired) electrons. The van der Waals surface area contributed by atoms with Gasteiger partial charge in [0.2, 0.25) is 0 Å². The van der Waals surface area contributed by atoms with Gasteiger partial charge in [0.15, 0.2) is 5.60 Å². The second-order valence-corrected chi connectivity index (χ2v) is 11.1. The highest BCUT2D eigenvalue weighted by Crippen LogP contribution is 2.25. The van der Waals surface area contributed by atoms with Crippen molar-refractivity contribution in [2.75, 3.05) is 0 Å². The lowest BCUT2D eigenvalue weighted by molar-refractivity contribution is 0.0949. The summed E-state index contributed by atoms with van der Waals surface area (Å²) in [6, 6.07) is 13.2. The maximum Gasteiger partial charge on any atom is 0.157 e. The van der Waals surface area contributed by atoms with Crippen molar-refractivity contribution in [3.8, 4) is 12.3 Å². The summed E-state index contributed by atoms with van der Waals surface area (Å²) < 4.78 is 5.87. The highest BCUT2D eigenvalue weighted by atomic mass is 28.3. The third-order valence-electron chi connectivity index (χ3n) is 3.32. The molecule has 0 fully saturated rings. The third-order valence-corrected chi connectivity index (χ3v) is 5.07. The van der Waals surface area contributed by atoms with Crippen LogP contribution in [0.4, 0.5) is 0 Å². The zero-order chi connectivity index (χ0) is 14.8. The second-order valence-electron chi connectivity index (χ2n) is 6.06. The molecule has 104 valence electrons. The molecule has 1 unspecified atom stereocenters. The number of rotatable bonds is 4. The number of hydrogen-bond donors (Lipinski definition) is 1. The molecule has 0 bridgehead atoms. The predicted molar refractivity (Wildman–Crippen MR) is 84.6 cm³/mol. The smallest absolute Gasteiger partial charge is 0.157 e. The lowest BCUT2D eigenvalue weighted by Crippen LogP contribution is -2.36. The van der Waals surface area contributed by atoms with E-state index in [1.807, 2.05) is 42.5 Å². The van der Waals surface area contributed by atoms with E-state index in [0.29, 0.717) is 5.56 Å². The van der Waals surface area contributed by atoms with Crippen molar-refractivity contribution in [3.63, 3.8) is 0 Å². The van der Waals surface area contributed by atoms with Crippen LogP contribution in [0.15, 0.2) is 46.9 Å². The summed E-state index contributed by atoms with van der Waals surface area (Å²) in [5, 5.41) is 11.7. The largest absolute Gasteiger partial charge is 0.471 e. The number of benzene rings is 1. The van der Waals surface area contributed by atoms with Gasteiger partial charge in [-0.15, -0.1) is 6.42 Å². The molecule has 1 heterocycles. The SMILES string of the molecule is C#CC(O)(Cc1ccc([Si](C)(C)C)o1)c1ccccc1. The van der Waals surface area contributed by atoms with Crippen LogP contribution in [-0.2, 0) is 12.0 Å². The minimum absolute atomic E-state index is 0.290. The Balaban J connectivity index is 2.28. The Morgan fingerprint density at radius 1 is 1.15 bits per heavy atom. The first-order chi connectivity index (χ1) is 9.35. The lowest BCUT2D eigenvalue weighted by Gasteiger charge is -2.21. The molecule has 0 amide bonds. The highest BCUT2D eigenvalue weighted by molar-refractivity contribution is 6.87. The van der Waals surface area contributed by atoms with Crippen molar-refractivity contribution in [2.45, 2.75) is 31.7 Å². The summed E-state index contributed by atoms with van der Waals surface area (Å²) in [5.74, 6) is 3.23. The average Bonchev–Trinajstić information content (AvgIpc) is 2.88. The Kier molecular flexibility index (Phi) is 3.89. The number of terminal acetylenes is 1. The van der Waals surface area contributed by atoms with Crippen LogP contribution in [-0.4, -0.2) is 13.2 Å². The molecule has 1 atom stereocenters. The number of furan rings is 1. The average molecular weight is 284 g/mol. The van der Waals surface area contributed by atoms with Crippen LogP contribution >= 0.6 is 0 Å². The Labute approximate surface area is 121 Å². The van der Waals surface area contributed by atoms with Crippen molar-refractivity contribution < 1.29 is 9.52 Å². The van der Waals surface area contributed by atoms with E-state index in [4.69, 9.17) is 10.8 Å². The summed E-state index contributed by atoms with van der Waals surface area (Å²) in [5.41, 5.74) is -0.607. The van der Waals surface area contributed by atoms with Crippen LogP contribution in [0.1, 0.15) is 11.3 Å². The summed E-state index contributed by atoms with van der Waals surface area (Å²) in [7, 11) is -1.48. The van der Waals surface area contributed by atoms with Crippen molar-refractivity contribution in [2.24, 2.45) is 0 Å². The predicted octanol–water partition coefficient (Wildman–Crippen LogP) is 2.89. The van der Waals surface area contributed by atoms with Gasteiger partial charge < -0.3 is 9.52 Å². The molecule has 1 aromatic carbocycles. The molecule has 0 aliphatic rings. The van der Waals surface area contributed by atoms with E-state index in [0.717, 1.165) is 11.1 Å². The van der Waals surface area contributed by atoms with Crippen LogP contribution in [0, 0.1) is 12.3 Å². The molecule has 0 spiro atoms. The van der Waals surface area contributed by atoms with Gasteiger partial charge in [0.1, 0.15) is 13.8 Å². The molecule has 0 saturated heterocycles. The van der Waals surface area contributed by atoms with Gasteiger partial charge in [0, 0.05) is 0 Å². The minimum atomic E-state index is -1.48. The Morgan fingerprint density at radius 3 is 2.30 bits per heavy atom. The maximum absolute atomic E-state index is 10.7. The fourth-order valence-corrected chi connectivity index (χ4v) is 3.10. The van der Waals surface area contributed by atoms with Crippen LogP contribution in [0.5, 0.6) is 0 Å². The highest BCUT2D eigenvalue weighted by Gasteiger charge is 2.29. The zero-order valence-electron chi connectivity index (χ0n) is 12.2. The molecule has 3 heteroatoms. The van der Waals surface area contributed by atoms with E-state index >= 15 is 0 Å². The fourth-order valence-electron chi connectivity index (χ4n) is 2.08. The summed E-state index contributed by atoms with van der Waals surface area (Å²) >= 11 is 0. The zero-order valence-corrected chi connectivity index (χ0v) is 13.2. The third kappa shape index (κ3) is 3.04. The monoisotopic (exact) mass is 284 g/mol. The van der Waals surface area contributed by atoms with Gasteiger partial charge in [0.05, 0.1) is 11.8 Å². The van der Waals surface area contributed by atoms with Gasteiger partial charge in [0.25, 0.3) is 0 Å². The van der Waals surface area contributed by atoms with Crippen LogP contribution < -0.4 is 5.38 Å². The Morgan fingerprint density at radius 2 is 1.80 bits per heavy atom. The standard InChI is InChI=1S/C17H20O2Si/c1-5-17(18,14-9-7-6-8-10-14)13-15-11-12-16(19-15)20(2,3)4/h1,6-12,18H,13H2,2-4H3. The molecule has 20 heavy (non-hydrogen) atoms. The molecule has 0 aliphatic heterocycles. The molecule has 2 nitrogen and oxygen atoms in total. The van der Waals surface area contributed by atoms with Crippen molar-refractivity contribution in [1.82, 2.24) is 0 Å². The quantitative estimate of drug-likeness (QED) is 0.692. The normalized spacial score (nSPS) is 14.6. The van der Waals surface area contributed by atoms with Gasteiger partial charge in [-0.2, -0.15) is 0 Å². The summed E-state index contributed by atoms with van der Waals surface area (Å²) in [6.07, 6.45) is 5.84. The topological polar surface area (TPSA) is 33.4 Å². The molecule has 2 aromatic rings. The first-order valence-electron chi connectivity index (χ1n) is 6.70. The van der Waals surface area contributed by atoms with Gasteiger partial charge in [-0.3, -0.25) is 0 Å². The molecule has 1 aromatic heterocycles. The Hall–Kier alpha value is -1.76.